The van der Waals surface area contributed by atoms with Crippen molar-refractivity contribution in [1.82, 2.24) is 0 Å². The van der Waals surface area contributed by atoms with E-state index in [-0.39, 0.29) is 11.8 Å². The number of hydrogen-bond donors (Lipinski definition) is 2. The van der Waals surface area contributed by atoms with Gasteiger partial charge in [-0.1, -0.05) is 33.1 Å². The van der Waals surface area contributed by atoms with E-state index in [4.69, 9.17) is 4.74 Å². The number of rotatable bonds is 5. The van der Waals surface area contributed by atoms with Gasteiger partial charge in [0, 0.05) is 5.56 Å². The minimum Gasteiger partial charge on any atom is -0.496 e. The fraction of sp³-hybridized carbons (Fsp3) is 0.632. The quantitative estimate of drug-likeness (QED) is 0.863. The molecule has 1 saturated carbocycles. The largest absolute Gasteiger partial charge is 0.496 e. The van der Waals surface area contributed by atoms with Crippen LogP contribution in [0.1, 0.15) is 69.1 Å². The van der Waals surface area contributed by atoms with Gasteiger partial charge in [-0.05, 0) is 54.9 Å². The molecule has 0 bridgehead atoms. The molecule has 4 nitrogen and oxygen atoms in total. The van der Waals surface area contributed by atoms with Gasteiger partial charge < -0.3 is 14.9 Å². The summed E-state index contributed by atoms with van der Waals surface area (Å²) in [6.45, 7) is 5.82. The lowest BCUT2D eigenvalue weighted by atomic mass is 9.69. The lowest BCUT2D eigenvalue weighted by Crippen LogP contribution is -2.36. The molecule has 0 aromatic heterocycles. The third-order valence-corrected chi connectivity index (χ3v) is 5.43. The van der Waals surface area contributed by atoms with Crippen molar-refractivity contribution in [2.24, 2.45) is 0 Å². The Bertz CT molecular complexity index is 587. The van der Waals surface area contributed by atoms with E-state index in [1.54, 1.807) is 20.1 Å². The van der Waals surface area contributed by atoms with Gasteiger partial charge in [0.25, 0.3) is 0 Å². The molecule has 4 heteroatoms. The Hall–Kier alpha value is -1.55. The number of carboxylic acid groups (broad SMARTS) is 1. The maximum Gasteiger partial charge on any atom is 0.340 e. The van der Waals surface area contributed by atoms with Crippen LogP contribution in [0.2, 0.25) is 0 Å². The average molecular weight is 320 g/mol. The van der Waals surface area contributed by atoms with E-state index in [9.17, 15) is 15.0 Å². The minimum atomic E-state index is -1.85. The minimum absolute atomic E-state index is 0.0302. The number of carboxylic acids is 1. The molecule has 2 N–H and O–H groups in total. The number of aryl methyl sites for hydroxylation is 1. The van der Waals surface area contributed by atoms with Crippen LogP contribution in [0.3, 0.4) is 0 Å². The van der Waals surface area contributed by atoms with Crippen LogP contribution in [0.15, 0.2) is 12.1 Å². The van der Waals surface area contributed by atoms with Gasteiger partial charge in [-0.25, -0.2) is 4.79 Å². The molecule has 1 atom stereocenters. The predicted molar refractivity (Wildman–Crippen MR) is 90.0 cm³/mol. The highest BCUT2D eigenvalue weighted by Gasteiger charge is 2.39. The molecule has 23 heavy (non-hydrogen) atoms. The number of aliphatic carboxylic acids is 1. The topological polar surface area (TPSA) is 66.8 Å². The fourth-order valence-electron chi connectivity index (χ4n) is 3.81. The summed E-state index contributed by atoms with van der Waals surface area (Å²) in [6.07, 6.45) is 5.82. The summed E-state index contributed by atoms with van der Waals surface area (Å²) < 4.78 is 5.63. The maximum atomic E-state index is 11.6. The lowest BCUT2D eigenvalue weighted by Gasteiger charge is -2.37. The van der Waals surface area contributed by atoms with Crippen LogP contribution in [-0.2, 0) is 15.8 Å². The molecule has 1 aromatic carbocycles. The second kappa shape index (κ2) is 6.52. The summed E-state index contributed by atoms with van der Waals surface area (Å²) in [5.74, 6) is -0.383. The van der Waals surface area contributed by atoms with Gasteiger partial charge in [0.15, 0.2) is 5.60 Å². The third kappa shape index (κ3) is 3.09. The van der Waals surface area contributed by atoms with Crippen molar-refractivity contribution in [3.8, 4) is 5.75 Å². The summed E-state index contributed by atoms with van der Waals surface area (Å²) in [5.41, 5.74) is 0.476. The number of carbonyl (C=O) groups is 1. The zero-order valence-electron chi connectivity index (χ0n) is 14.6. The summed E-state index contributed by atoms with van der Waals surface area (Å²) in [5, 5.41) is 20.1. The first-order chi connectivity index (χ1) is 10.8. The van der Waals surface area contributed by atoms with Gasteiger partial charge in [-0.2, -0.15) is 0 Å². The monoisotopic (exact) mass is 320 g/mol. The summed E-state index contributed by atoms with van der Waals surface area (Å²) in [4.78, 5) is 11.6. The standard InChI is InChI=1S/C19H28O4/c1-5-19(22,17(20)21)14-11-13(2)16(23-4)15(12-14)18(3)9-7-6-8-10-18/h11-12,22H,5-10H2,1-4H3,(H,20,21). The molecule has 1 unspecified atom stereocenters. The molecule has 0 amide bonds. The van der Waals surface area contributed by atoms with Crippen LogP contribution in [-0.4, -0.2) is 23.3 Å². The molecule has 128 valence electrons. The molecule has 1 aliphatic rings. The Morgan fingerprint density at radius 1 is 1.30 bits per heavy atom. The molecular formula is C19H28O4. The van der Waals surface area contributed by atoms with Gasteiger partial charge in [0.05, 0.1) is 7.11 Å². The zero-order chi connectivity index (χ0) is 17.3. The predicted octanol–water partition coefficient (Wildman–Crippen LogP) is 3.91. The normalized spacial score (nSPS) is 19.9. The van der Waals surface area contributed by atoms with E-state index in [2.05, 4.69) is 6.92 Å². The second-order valence-electron chi connectivity index (χ2n) is 7.01. The van der Waals surface area contributed by atoms with Crippen LogP contribution in [0.5, 0.6) is 5.75 Å². The molecule has 2 rings (SSSR count). The SMILES string of the molecule is CCC(O)(C(=O)O)c1cc(C)c(OC)c(C2(C)CCCCC2)c1. The summed E-state index contributed by atoms with van der Waals surface area (Å²) >= 11 is 0. The molecule has 0 aliphatic heterocycles. The van der Waals surface area contributed by atoms with Crippen molar-refractivity contribution in [3.63, 3.8) is 0 Å². The Balaban J connectivity index is 2.63. The number of methoxy groups -OCH3 is 1. The zero-order valence-corrected chi connectivity index (χ0v) is 14.6. The molecule has 0 heterocycles. The first-order valence-electron chi connectivity index (χ1n) is 8.44. The van der Waals surface area contributed by atoms with Crippen molar-refractivity contribution < 1.29 is 19.7 Å². The Kier molecular flexibility index (Phi) is 5.04. The lowest BCUT2D eigenvalue weighted by molar-refractivity contribution is -0.160. The Morgan fingerprint density at radius 2 is 1.91 bits per heavy atom. The smallest absolute Gasteiger partial charge is 0.340 e. The average Bonchev–Trinajstić information content (AvgIpc) is 2.53. The van der Waals surface area contributed by atoms with Crippen molar-refractivity contribution in [2.45, 2.75) is 70.3 Å². The first-order valence-corrected chi connectivity index (χ1v) is 8.44. The molecule has 1 aliphatic carbocycles. The van der Waals surface area contributed by atoms with E-state index < -0.39 is 11.6 Å². The van der Waals surface area contributed by atoms with E-state index in [1.807, 2.05) is 13.0 Å². The van der Waals surface area contributed by atoms with E-state index in [0.29, 0.717) is 5.56 Å². The maximum absolute atomic E-state index is 11.6. The summed E-state index contributed by atoms with van der Waals surface area (Å²) in [6, 6.07) is 3.60. The molecular weight excluding hydrogens is 292 g/mol. The second-order valence-corrected chi connectivity index (χ2v) is 7.01. The van der Waals surface area contributed by atoms with Crippen LogP contribution in [0.4, 0.5) is 0 Å². The summed E-state index contributed by atoms with van der Waals surface area (Å²) in [7, 11) is 1.65. The van der Waals surface area contributed by atoms with Crippen LogP contribution in [0.25, 0.3) is 0 Å². The third-order valence-electron chi connectivity index (χ3n) is 5.43. The first kappa shape index (κ1) is 17.8. The Morgan fingerprint density at radius 3 is 2.39 bits per heavy atom. The molecule has 1 fully saturated rings. The van der Waals surface area contributed by atoms with Crippen molar-refractivity contribution in [2.75, 3.05) is 7.11 Å². The van der Waals surface area contributed by atoms with Gasteiger partial charge in [-0.15, -0.1) is 0 Å². The fourth-order valence-corrected chi connectivity index (χ4v) is 3.81. The highest BCUT2D eigenvalue weighted by molar-refractivity contribution is 5.79. The highest BCUT2D eigenvalue weighted by Crippen LogP contribution is 2.45. The number of ether oxygens (including phenoxy) is 1. The van der Waals surface area contributed by atoms with Crippen molar-refractivity contribution in [3.05, 3.63) is 28.8 Å². The molecule has 1 aromatic rings. The van der Waals surface area contributed by atoms with Crippen LogP contribution < -0.4 is 4.74 Å². The highest BCUT2D eigenvalue weighted by atomic mass is 16.5. The van der Waals surface area contributed by atoms with Gasteiger partial charge in [0.2, 0.25) is 0 Å². The molecule has 0 saturated heterocycles. The van der Waals surface area contributed by atoms with Gasteiger partial charge in [0.1, 0.15) is 5.75 Å². The number of hydrogen-bond acceptors (Lipinski definition) is 3. The number of benzene rings is 1. The molecule has 0 radical (unpaired) electrons. The Labute approximate surface area is 138 Å². The van der Waals surface area contributed by atoms with Crippen molar-refractivity contribution in [1.29, 1.82) is 0 Å². The van der Waals surface area contributed by atoms with Crippen LogP contribution in [0, 0.1) is 6.92 Å². The van der Waals surface area contributed by atoms with Crippen molar-refractivity contribution >= 4 is 5.97 Å². The van der Waals surface area contributed by atoms with Gasteiger partial charge >= 0.3 is 5.97 Å². The molecule has 0 spiro atoms. The van der Waals surface area contributed by atoms with Crippen LogP contribution >= 0.6 is 0 Å². The van der Waals surface area contributed by atoms with Gasteiger partial charge in [-0.3, -0.25) is 0 Å². The number of aliphatic hydroxyl groups is 1. The van der Waals surface area contributed by atoms with E-state index in [0.717, 1.165) is 29.7 Å². The van der Waals surface area contributed by atoms with E-state index >= 15 is 0 Å². The van der Waals surface area contributed by atoms with E-state index in [1.165, 1.54) is 19.3 Å².